The van der Waals surface area contributed by atoms with Crippen LogP contribution in [-0.4, -0.2) is 57.9 Å². The first-order valence-electron chi connectivity index (χ1n) is 6.60. The Labute approximate surface area is 123 Å². The van der Waals surface area contributed by atoms with Crippen molar-refractivity contribution in [2.75, 3.05) is 26.4 Å². The number of aromatic carboxylic acids is 1. The molecule has 0 amide bonds. The Hall–Kier alpha value is -1.47. The normalized spacial score (nSPS) is 12.5. The van der Waals surface area contributed by atoms with E-state index < -0.39 is 43.2 Å². The van der Waals surface area contributed by atoms with Gasteiger partial charge in [-0.1, -0.05) is 26.0 Å². The van der Waals surface area contributed by atoms with Crippen LogP contribution in [0.25, 0.3) is 0 Å². The Kier molecular flexibility index (Phi) is 5.47. The van der Waals surface area contributed by atoms with Gasteiger partial charge < -0.3 is 25.5 Å². The number of aliphatic hydroxyl groups is 4. The second-order valence-corrected chi connectivity index (χ2v) is 5.79. The van der Waals surface area contributed by atoms with E-state index in [2.05, 4.69) is 0 Å². The molecule has 0 atom stereocenters. The van der Waals surface area contributed by atoms with Gasteiger partial charge in [-0.2, -0.15) is 0 Å². The number of rotatable bonds is 7. The van der Waals surface area contributed by atoms with E-state index in [4.69, 9.17) is 0 Å². The maximum absolute atomic E-state index is 11.5. The summed E-state index contributed by atoms with van der Waals surface area (Å²) in [7, 11) is 0. The molecule has 0 aromatic heterocycles. The molecule has 6 nitrogen and oxygen atoms in total. The molecule has 0 radical (unpaired) electrons. The van der Waals surface area contributed by atoms with Gasteiger partial charge in [-0.25, -0.2) is 4.79 Å². The van der Waals surface area contributed by atoms with E-state index in [-0.39, 0.29) is 11.1 Å². The summed E-state index contributed by atoms with van der Waals surface area (Å²) in [5, 5.41) is 47.7. The van der Waals surface area contributed by atoms with Crippen LogP contribution >= 0.6 is 0 Å². The first kappa shape index (κ1) is 17.6. The van der Waals surface area contributed by atoms with Gasteiger partial charge in [0.15, 0.2) is 0 Å². The predicted octanol–water partition coefficient (Wildman–Crippen LogP) is -0.131. The zero-order valence-electron chi connectivity index (χ0n) is 12.2. The molecule has 0 saturated carbocycles. The Morgan fingerprint density at radius 2 is 1.43 bits per heavy atom. The van der Waals surface area contributed by atoms with Gasteiger partial charge in [0.05, 0.1) is 32.0 Å². The summed E-state index contributed by atoms with van der Waals surface area (Å²) >= 11 is 0. The quantitative estimate of drug-likeness (QED) is 0.478. The summed E-state index contributed by atoms with van der Waals surface area (Å²) in [4.78, 5) is 11.5. The Balaban J connectivity index is 3.74. The van der Waals surface area contributed by atoms with Crippen LogP contribution in [0.1, 0.15) is 35.3 Å². The molecule has 0 unspecified atom stereocenters. The van der Waals surface area contributed by atoms with Crippen molar-refractivity contribution < 1.29 is 30.3 Å². The molecule has 21 heavy (non-hydrogen) atoms. The molecule has 1 rings (SSSR count). The Bertz CT molecular complexity index is 503. The van der Waals surface area contributed by atoms with Crippen molar-refractivity contribution in [3.63, 3.8) is 0 Å². The van der Waals surface area contributed by atoms with Gasteiger partial charge in [0.2, 0.25) is 0 Å². The molecular formula is C15H22O6. The molecule has 0 fully saturated rings. The molecule has 0 saturated heterocycles. The second-order valence-electron chi connectivity index (χ2n) is 5.79. The molecule has 0 heterocycles. The van der Waals surface area contributed by atoms with Gasteiger partial charge in [-0.3, -0.25) is 0 Å². The third-order valence-corrected chi connectivity index (χ3v) is 3.94. The van der Waals surface area contributed by atoms with Gasteiger partial charge in [0, 0.05) is 10.8 Å². The van der Waals surface area contributed by atoms with E-state index in [0.717, 1.165) is 0 Å². The van der Waals surface area contributed by atoms with E-state index >= 15 is 0 Å². The number of benzene rings is 1. The molecule has 0 bridgehead atoms. The third-order valence-electron chi connectivity index (χ3n) is 3.94. The van der Waals surface area contributed by atoms with Gasteiger partial charge in [-0.05, 0) is 17.2 Å². The molecule has 0 spiro atoms. The lowest BCUT2D eigenvalue weighted by Gasteiger charge is -2.35. The van der Waals surface area contributed by atoms with Crippen LogP contribution in [0, 0.1) is 0 Å². The first-order valence-corrected chi connectivity index (χ1v) is 6.60. The van der Waals surface area contributed by atoms with Crippen LogP contribution in [0.2, 0.25) is 0 Å². The Morgan fingerprint density at radius 1 is 0.952 bits per heavy atom. The molecule has 0 aliphatic rings. The summed E-state index contributed by atoms with van der Waals surface area (Å²) < 4.78 is 0. The largest absolute Gasteiger partial charge is 0.478 e. The molecule has 1 aromatic carbocycles. The number of carbonyl (C=O) groups is 1. The molecule has 0 aliphatic heterocycles. The summed E-state index contributed by atoms with van der Waals surface area (Å²) in [5.74, 6) is -1.20. The highest BCUT2D eigenvalue weighted by molar-refractivity contribution is 5.90. The number of hydrogen-bond acceptors (Lipinski definition) is 5. The zero-order chi connectivity index (χ0) is 16.3. The lowest BCUT2D eigenvalue weighted by Crippen LogP contribution is -2.40. The van der Waals surface area contributed by atoms with Crippen LogP contribution in [-0.2, 0) is 10.8 Å². The van der Waals surface area contributed by atoms with Crippen LogP contribution in [0.3, 0.4) is 0 Å². The highest BCUT2D eigenvalue weighted by Crippen LogP contribution is 2.36. The van der Waals surface area contributed by atoms with Crippen molar-refractivity contribution in [1.82, 2.24) is 0 Å². The van der Waals surface area contributed by atoms with Crippen LogP contribution < -0.4 is 0 Å². The number of aliphatic hydroxyl groups excluding tert-OH is 4. The third kappa shape index (κ3) is 3.08. The van der Waals surface area contributed by atoms with E-state index in [9.17, 15) is 30.3 Å². The van der Waals surface area contributed by atoms with Crippen molar-refractivity contribution in [2.24, 2.45) is 0 Å². The lowest BCUT2D eigenvalue weighted by atomic mass is 9.71. The van der Waals surface area contributed by atoms with Gasteiger partial charge >= 0.3 is 5.97 Å². The minimum Gasteiger partial charge on any atom is -0.478 e. The van der Waals surface area contributed by atoms with E-state index in [1.54, 1.807) is 13.0 Å². The first-order chi connectivity index (χ1) is 9.79. The monoisotopic (exact) mass is 298 g/mol. The van der Waals surface area contributed by atoms with Crippen molar-refractivity contribution in [3.8, 4) is 0 Å². The van der Waals surface area contributed by atoms with E-state index in [0.29, 0.717) is 5.56 Å². The second kappa shape index (κ2) is 6.53. The number of hydrogen-bond donors (Lipinski definition) is 5. The minimum atomic E-state index is -1.20. The fraction of sp³-hybridized carbons (Fsp3) is 0.533. The number of carboxylic acids is 1. The van der Waals surface area contributed by atoms with Gasteiger partial charge in [0.1, 0.15) is 0 Å². The highest BCUT2D eigenvalue weighted by atomic mass is 16.4. The molecule has 118 valence electrons. The average Bonchev–Trinajstić information content (AvgIpc) is 2.52. The van der Waals surface area contributed by atoms with Crippen LogP contribution in [0.4, 0.5) is 0 Å². The molecule has 5 N–H and O–H groups in total. The molecular weight excluding hydrogens is 276 g/mol. The van der Waals surface area contributed by atoms with Crippen molar-refractivity contribution >= 4 is 5.97 Å². The fourth-order valence-electron chi connectivity index (χ4n) is 2.31. The average molecular weight is 298 g/mol. The highest BCUT2D eigenvalue weighted by Gasteiger charge is 2.38. The SMILES string of the molecule is CC(CO)(CO)c1cccc(C(=O)O)c1C(C)(CO)CO. The molecule has 1 aromatic rings. The van der Waals surface area contributed by atoms with Crippen molar-refractivity contribution in [1.29, 1.82) is 0 Å². The van der Waals surface area contributed by atoms with Gasteiger partial charge in [0.25, 0.3) is 0 Å². The molecule has 6 heteroatoms. The standard InChI is InChI=1S/C15H22O6/c1-14(6-16,7-17)11-5-3-4-10(13(20)21)12(11)15(2,8-18)9-19/h3-5,16-19H,6-9H2,1-2H3,(H,20,21). The van der Waals surface area contributed by atoms with E-state index in [1.807, 2.05) is 0 Å². The summed E-state index contributed by atoms with van der Waals surface area (Å²) in [6, 6.07) is 4.48. The van der Waals surface area contributed by atoms with Crippen LogP contribution in [0.5, 0.6) is 0 Å². The van der Waals surface area contributed by atoms with E-state index in [1.165, 1.54) is 19.1 Å². The lowest BCUT2D eigenvalue weighted by molar-refractivity contribution is 0.0685. The smallest absolute Gasteiger partial charge is 0.335 e. The maximum Gasteiger partial charge on any atom is 0.335 e. The van der Waals surface area contributed by atoms with Crippen molar-refractivity contribution in [2.45, 2.75) is 24.7 Å². The predicted molar refractivity (Wildman–Crippen MR) is 76.4 cm³/mol. The molecule has 0 aliphatic carbocycles. The summed E-state index contributed by atoms with van der Waals surface area (Å²) in [6.07, 6.45) is 0. The van der Waals surface area contributed by atoms with Gasteiger partial charge in [-0.15, -0.1) is 0 Å². The van der Waals surface area contributed by atoms with Crippen molar-refractivity contribution in [3.05, 3.63) is 34.9 Å². The number of carboxylic acid groups (broad SMARTS) is 1. The zero-order valence-corrected chi connectivity index (χ0v) is 12.2. The maximum atomic E-state index is 11.5. The minimum absolute atomic E-state index is 0.0637. The summed E-state index contributed by atoms with van der Waals surface area (Å²) in [6.45, 7) is 1.40. The Morgan fingerprint density at radius 3 is 1.81 bits per heavy atom. The summed E-state index contributed by atoms with van der Waals surface area (Å²) in [5.41, 5.74) is -1.71. The fourth-order valence-corrected chi connectivity index (χ4v) is 2.31. The van der Waals surface area contributed by atoms with Crippen LogP contribution in [0.15, 0.2) is 18.2 Å². The topological polar surface area (TPSA) is 118 Å².